The van der Waals surface area contributed by atoms with Gasteiger partial charge >= 0.3 is 0 Å². The number of nitrogens with one attached hydrogen (secondary N) is 1. The molecular formula is C16H25BrN2. The predicted molar refractivity (Wildman–Crippen MR) is 86.8 cm³/mol. The molecular weight excluding hydrogens is 300 g/mol. The second-order valence-electron chi connectivity index (χ2n) is 5.73. The smallest absolute Gasteiger partial charge is 0.0425 e. The zero-order valence-corrected chi connectivity index (χ0v) is 13.8. The number of nitrogens with zero attached hydrogens (tertiary/aromatic N) is 1. The highest BCUT2D eigenvalue weighted by Gasteiger charge is 2.29. The van der Waals surface area contributed by atoms with Gasteiger partial charge in [0.1, 0.15) is 0 Å². The molecule has 1 aliphatic carbocycles. The first-order valence-electron chi connectivity index (χ1n) is 7.40. The lowest BCUT2D eigenvalue weighted by molar-refractivity contribution is 0.587. The van der Waals surface area contributed by atoms with Crippen LogP contribution in [-0.4, -0.2) is 18.6 Å². The van der Waals surface area contributed by atoms with Crippen LogP contribution in [0.3, 0.4) is 0 Å². The van der Waals surface area contributed by atoms with Crippen LogP contribution >= 0.6 is 15.9 Å². The van der Waals surface area contributed by atoms with E-state index in [4.69, 9.17) is 0 Å². The van der Waals surface area contributed by atoms with Gasteiger partial charge in [0.25, 0.3) is 0 Å². The summed E-state index contributed by atoms with van der Waals surface area (Å²) in [4.78, 5) is 2.60. The fourth-order valence-corrected chi connectivity index (χ4v) is 2.74. The second-order valence-corrected chi connectivity index (χ2v) is 6.65. The number of rotatable bonds is 7. The fraction of sp³-hybridized carbons (Fsp3) is 0.625. The molecule has 3 heteroatoms. The molecule has 19 heavy (non-hydrogen) atoms. The van der Waals surface area contributed by atoms with Crippen LogP contribution in [0.5, 0.6) is 0 Å². The normalized spacial score (nSPS) is 15.0. The highest BCUT2D eigenvalue weighted by atomic mass is 79.9. The molecule has 2 rings (SSSR count). The third-order valence-electron chi connectivity index (χ3n) is 3.51. The summed E-state index contributed by atoms with van der Waals surface area (Å²) in [5.41, 5.74) is 2.82. The number of hydrogen-bond acceptors (Lipinski definition) is 2. The zero-order valence-electron chi connectivity index (χ0n) is 12.2. The van der Waals surface area contributed by atoms with Gasteiger partial charge in [0.05, 0.1) is 0 Å². The Bertz CT molecular complexity index is 413. The molecule has 1 N–H and O–H groups in total. The van der Waals surface area contributed by atoms with Gasteiger partial charge < -0.3 is 10.2 Å². The fourth-order valence-electron chi connectivity index (χ4n) is 2.39. The van der Waals surface area contributed by atoms with Crippen LogP contribution in [0.4, 0.5) is 5.69 Å². The van der Waals surface area contributed by atoms with E-state index in [0.29, 0.717) is 6.04 Å². The Morgan fingerprint density at radius 1 is 1.37 bits per heavy atom. The van der Waals surface area contributed by atoms with Crippen LogP contribution < -0.4 is 10.2 Å². The van der Waals surface area contributed by atoms with Crippen LogP contribution in [0, 0.1) is 0 Å². The Kier molecular flexibility index (Phi) is 5.28. The predicted octanol–water partition coefficient (Wildman–Crippen LogP) is 4.33. The van der Waals surface area contributed by atoms with Gasteiger partial charge in [0.15, 0.2) is 0 Å². The standard InChI is InChI=1S/C16H25BrN2/c1-4-9-19(15-7-8-15)16-10-14(17)6-5-13(16)11-18-12(2)3/h5-6,10,12,15,18H,4,7-9,11H2,1-3H3. The number of anilines is 1. The molecule has 1 saturated carbocycles. The van der Waals surface area contributed by atoms with E-state index in [9.17, 15) is 0 Å². The molecule has 0 unspecified atom stereocenters. The highest BCUT2D eigenvalue weighted by Crippen LogP contribution is 2.35. The van der Waals surface area contributed by atoms with Crippen molar-refractivity contribution >= 4 is 21.6 Å². The van der Waals surface area contributed by atoms with E-state index >= 15 is 0 Å². The van der Waals surface area contributed by atoms with Crippen LogP contribution in [0.25, 0.3) is 0 Å². The van der Waals surface area contributed by atoms with Gasteiger partial charge in [-0.2, -0.15) is 0 Å². The molecule has 0 amide bonds. The lowest BCUT2D eigenvalue weighted by atomic mass is 10.1. The molecule has 0 aliphatic heterocycles. The third-order valence-corrected chi connectivity index (χ3v) is 4.00. The summed E-state index contributed by atoms with van der Waals surface area (Å²) in [6, 6.07) is 7.98. The van der Waals surface area contributed by atoms with Crippen LogP contribution in [-0.2, 0) is 6.54 Å². The average Bonchev–Trinajstić information content (AvgIpc) is 3.18. The van der Waals surface area contributed by atoms with Crippen LogP contribution in [0.1, 0.15) is 45.6 Å². The van der Waals surface area contributed by atoms with Crippen molar-refractivity contribution in [3.8, 4) is 0 Å². The Labute approximate surface area is 125 Å². The van der Waals surface area contributed by atoms with Gasteiger partial charge in [0.2, 0.25) is 0 Å². The van der Waals surface area contributed by atoms with E-state index in [2.05, 4.69) is 65.1 Å². The lowest BCUT2D eigenvalue weighted by Crippen LogP contribution is -2.29. The van der Waals surface area contributed by atoms with Crippen molar-refractivity contribution in [3.63, 3.8) is 0 Å². The molecule has 1 aliphatic rings. The number of halogens is 1. The molecule has 106 valence electrons. The van der Waals surface area contributed by atoms with E-state index in [-0.39, 0.29) is 0 Å². The maximum atomic E-state index is 3.62. The molecule has 0 heterocycles. The van der Waals surface area contributed by atoms with Crippen LogP contribution in [0.15, 0.2) is 22.7 Å². The van der Waals surface area contributed by atoms with Gasteiger partial charge in [-0.25, -0.2) is 0 Å². The summed E-state index contributed by atoms with van der Waals surface area (Å²) in [5, 5.41) is 3.54. The largest absolute Gasteiger partial charge is 0.368 e. The molecule has 0 bridgehead atoms. The second kappa shape index (κ2) is 6.76. The van der Waals surface area contributed by atoms with Crippen molar-refractivity contribution in [2.45, 2.75) is 58.7 Å². The topological polar surface area (TPSA) is 15.3 Å². The van der Waals surface area contributed by atoms with E-state index in [1.807, 2.05) is 0 Å². The van der Waals surface area contributed by atoms with Crippen molar-refractivity contribution in [1.82, 2.24) is 5.32 Å². The first-order chi connectivity index (χ1) is 9.11. The summed E-state index contributed by atoms with van der Waals surface area (Å²) in [6.07, 6.45) is 3.91. The first-order valence-corrected chi connectivity index (χ1v) is 8.19. The number of hydrogen-bond donors (Lipinski definition) is 1. The molecule has 1 fully saturated rings. The Balaban J connectivity index is 2.21. The van der Waals surface area contributed by atoms with Gasteiger partial charge in [-0.05, 0) is 37.0 Å². The minimum absolute atomic E-state index is 0.525. The van der Waals surface area contributed by atoms with E-state index in [1.165, 1.54) is 35.0 Å². The molecule has 2 nitrogen and oxygen atoms in total. The average molecular weight is 325 g/mol. The maximum absolute atomic E-state index is 3.62. The first kappa shape index (κ1) is 14.9. The van der Waals surface area contributed by atoms with Crippen molar-refractivity contribution in [2.24, 2.45) is 0 Å². The molecule has 0 spiro atoms. The van der Waals surface area contributed by atoms with E-state index in [1.54, 1.807) is 0 Å². The molecule has 0 radical (unpaired) electrons. The Hall–Kier alpha value is -0.540. The van der Waals surface area contributed by atoms with E-state index in [0.717, 1.165) is 19.1 Å². The van der Waals surface area contributed by atoms with Gasteiger partial charge in [-0.15, -0.1) is 0 Å². The van der Waals surface area contributed by atoms with Crippen molar-refractivity contribution in [1.29, 1.82) is 0 Å². The quantitative estimate of drug-likeness (QED) is 0.803. The van der Waals surface area contributed by atoms with Gasteiger partial charge in [-0.3, -0.25) is 0 Å². The molecule has 0 aromatic heterocycles. The van der Waals surface area contributed by atoms with Crippen molar-refractivity contribution in [3.05, 3.63) is 28.2 Å². The van der Waals surface area contributed by atoms with Gasteiger partial charge in [-0.1, -0.05) is 42.8 Å². The molecule has 1 aromatic rings. The van der Waals surface area contributed by atoms with Crippen LogP contribution in [0.2, 0.25) is 0 Å². The van der Waals surface area contributed by atoms with Gasteiger partial charge in [0, 0.05) is 35.3 Å². The molecule has 1 aromatic carbocycles. The molecule has 0 atom stereocenters. The summed E-state index contributed by atoms with van der Waals surface area (Å²) in [7, 11) is 0. The summed E-state index contributed by atoms with van der Waals surface area (Å²) >= 11 is 3.62. The minimum Gasteiger partial charge on any atom is -0.368 e. The summed E-state index contributed by atoms with van der Waals surface area (Å²) in [6.45, 7) is 8.77. The lowest BCUT2D eigenvalue weighted by Gasteiger charge is -2.27. The van der Waals surface area contributed by atoms with E-state index < -0.39 is 0 Å². The Morgan fingerprint density at radius 2 is 2.11 bits per heavy atom. The Morgan fingerprint density at radius 3 is 2.68 bits per heavy atom. The minimum atomic E-state index is 0.525. The zero-order chi connectivity index (χ0) is 13.8. The SMILES string of the molecule is CCCN(c1cc(Br)ccc1CNC(C)C)C1CC1. The third kappa shape index (κ3) is 4.22. The maximum Gasteiger partial charge on any atom is 0.0425 e. The highest BCUT2D eigenvalue weighted by molar-refractivity contribution is 9.10. The molecule has 0 saturated heterocycles. The monoisotopic (exact) mass is 324 g/mol. The van der Waals surface area contributed by atoms with Crippen molar-refractivity contribution < 1.29 is 0 Å². The summed E-state index contributed by atoms with van der Waals surface area (Å²) < 4.78 is 1.18. The van der Waals surface area contributed by atoms with Crippen molar-refractivity contribution in [2.75, 3.05) is 11.4 Å². The summed E-state index contributed by atoms with van der Waals surface area (Å²) in [5.74, 6) is 0. The number of benzene rings is 1.